The Balaban J connectivity index is 1.51. The first-order valence-electron chi connectivity index (χ1n) is 9.00. The van der Waals surface area contributed by atoms with Crippen molar-refractivity contribution in [3.05, 3.63) is 59.4 Å². The zero-order valence-corrected chi connectivity index (χ0v) is 15.4. The van der Waals surface area contributed by atoms with Crippen LogP contribution in [0.2, 0.25) is 0 Å². The maximum Gasteiger partial charge on any atom is 0.253 e. The van der Waals surface area contributed by atoms with Crippen molar-refractivity contribution in [2.45, 2.75) is 25.8 Å². The van der Waals surface area contributed by atoms with Crippen molar-refractivity contribution < 1.29 is 9.18 Å². The summed E-state index contributed by atoms with van der Waals surface area (Å²) in [5.74, 6) is 0.0402. The van der Waals surface area contributed by atoms with Crippen LogP contribution in [-0.2, 0) is 13.0 Å². The number of carbonyl (C=O) groups excluding carboxylic acids is 1. The van der Waals surface area contributed by atoms with Gasteiger partial charge in [-0.15, -0.1) is 0 Å². The second-order valence-corrected chi connectivity index (χ2v) is 7.19. The number of amides is 1. The van der Waals surface area contributed by atoms with Crippen LogP contribution >= 0.6 is 0 Å². The van der Waals surface area contributed by atoms with E-state index < -0.39 is 0 Å². The monoisotopic (exact) mass is 356 g/mol. The Morgan fingerprint density at radius 1 is 1.19 bits per heavy atom. The lowest BCUT2D eigenvalue weighted by molar-refractivity contribution is 0.0689. The van der Waals surface area contributed by atoms with Gasteiger partial charge in [0, 0.05) is 31.4 Å². The highest BCUT2D eigenvalue weighted by molar-refractivity contribution is 5.94. The van der Waals surface area contributed by atoms with Crippen LogP contribution in [0.25, 0.3) is 0 Å². The standard InChI is InChI=1S/C20H25FN4O/c1-24(2)14-19-13-22-18(12-23-19)10-15-6-8-25(9-7-15)20(26)16-4-3-5-17(21)11-16/h3-5,11-13,15H,6-10,14H2,1-2H3. The Morgan fingerprint density at radius 2 is 1.88 bits per heavy atom. The predicted molar refractivity (Wildman–Crippen MR) is 98.2 cm³/mol. The molecule has 1 fully saturated rings. The molecule has 138 valence electrons. The lowest BCUT2D eigenvalue weighted by Crippen LogP contribution is -2.39. The molecular formula is C20H25FN4O. The summed E-state index contributed by atoms with van der Waals surface area (Å²) >= 11 is 0. The van der Waals surface area contributed by atoms with Crippen molar-refractivity contribution in [2.75, 3.05) is 27.2 Å². The fourth-order valence-electron chi connectivity index (χ4n) is 3.33. The molecule has 0 radical (unpaired) electrons. The first kappa shape index (κ1) is 18.5. The third kappa shape index (κ3) is 4.85. The van der Waals surface area contributed by atoms with Gasteiger partial charge in [-0.3, -0.25) is 14.8 Å². The van der Waals surface area contributed by atoms with Crippen molar-refractivity contribution in [2.24, 2.45) is 5.92 Å². The number of hydrogen-bond acceptors (Lipinski definition) is 4. The van der Waals surface area contributed by atoms with E-state index in [2.05, 4.69) is 14.9 Å². The summed E-state index contributed by atoms with van der Waals surface area (Å²) in [7, 11) is 4.02. The Bertz CT molecular complexity index is 740. The second-order valence-electron chi connectivity index (χ2n) is 7.19. The normalized spacial score (nSPS) is 15.5. The fourth-order valence-corrected chi connectivity index (χ4v) is 3.33. The number of benzene rings is 1. The molecule has 6 heteroatoms. The molecule has 26 heavy (non-hydrogen) atoms. The van der Waals surface area contributed by atoms with Gasteiger partial charge in [0.1, 0.15) is 5.82 Å². The van der Waals surface area contributed by atoms with Crippen molar-refractivity contribution >= 4 is 5.91 Å². The second kappa shape index (κ2) is 8.36. The molecule has 0 aliphatic carbocycles. The number of carbonyl (C=O) groups is 1. The van der Waals surface area contributed by atoms with Crippen molar-refractivity contribution in [3.8, 4) is 0 Å². The molecule has 5 nitrogen and oxygen atoms in total. The van der Waals surface area contributed by atoms with Gasteiger partial charge < -0.3 is 9.80 Å². The summed E-state index contributed by atoms with van der Waals surface area (Å²) in [6, 6.07) is 5.91. The van der Waals surface area contributed by atoms with Crippen molar-refractivity contribution in [1.29, 1.82) is 0 Å². The maximum absolute atomic E-state index is 13.3. The number of aromatic nitrogens is 2. The van der Waals surface area contributed by atoms with E-state index in [0.29, 0.717) is 24.6 Å². The molecule has 1 amide bonds. The Labute approximate surface area is 153 Å². The van der Waals surface area contributed by atoms with Crippen LogP contribution in [0.5, 0.6) is 0 Å². The van der Waals surface area contributed by atoms with Crippen LogP contribution in [0.1, 0.15) is 34.6 Å². The lowest BCUT2D eigenvalue weighted by atomic mass is 9.92. The lowest BCUT2D eigenvalue weighted by Gasteiger charge is -2.32. The fraction of sp³-hybridized carbons (Fsp3) is 0.450. The van der Waals surface area contributed by atoms with Gasteiger partial charge in [-0.2, -0.15) is 0 Å². The van der Waals surface area contributed by atoms with E-state index in [9.17, 15) is 9.18 Å². The van der Waals surface area contributed by atoms with Gasteiger partial charge in [-0.1, -0.05) is 6.07 Å². The molecule has 1 aliphatic heterocycles. The molecule has 1 aliphatic rings. The summed E-state index contributed by atoms with van der Waals surface area (Å²) in [5.41, 5.74) is 2.39. The SMILES string of the molecule is CN(C)Cc1cnc(CC2CCN(C(=O)c3cccc(F)c3)CC2)cn1. The van der Waals surface area contributed by atoms with Gasteiger partial charge >= 0.3 is 0 Å². The Morgan fingerprint density at radius 3 is 2.50 bits per heavy atom. The molecule has 0 atom stereocenters. The van der Waals surface area contributed by atoms with E-state index in [-0.39, 0.29) is 11.7 Å². The zero-order chi connectivity index (χ0) is 18.5. The van der Waals surface area contributed by atoms with Gasteiger partial charge in [0.2, 0.25) is 0 Å². The van der Waals surface area contributed by atoms with Crippen LogP contribution < -0.4 is 0 Å². The zero-order valence-electron chi connectivity index (χ0n) is 15.4. The molecule has 2 heterocycles. The highest BCUT2D eigenvalue weighted by Crippen LogP contribution is 2.22. The molecule has 0 unspecified atom stereocenters. The summed E-state index contributed by atoms with van der Waals surface area (Å²) in [6.07, 6.45) is 6.46. The van der Waals surface area contributed by atoms with Gasteiger partial charge in [0.15, 0.2) is 0 Å². The molecule has 0 saturated carbocycles. The number of likely N-dealkylation sites (tertiary alicyclic amines) is 1. The van der Waals surface area contributed by atoms with E-state index >= 15 is 0 Å². The van der Waals surface area contributed by atoms with Crippen LogP contribution in [0.15, 0.2) is 36.7 Å². The summed E-state index contributed by atoms with van der Waals surface area (Å²) in [5, 5.41) is 0. The number of piperidine rings is 1. The van der Waals surface area contributed by atoms with E-state index in [4.69, 9.17) is 0 Å². The largest absolute Gasteiger partial charge is 0.339 e. The van der Waals surface area contributed by atoms with Crippen LogP contribution in [0.3, 0.4) is 0 Å². The van der Waals surface area contributed by atoms with Crippen LogP contribution in [-0.4, -0.2) is 52.9 Å². The summed E-state index contributed by atoms with van der Waals surface area (Å²) in [4.78, 5) is 25.4. The molecule has 3 rings (SSSR count). The van der Waals surface area contributed by atoms with E-state index in [1.54, 1.807) is 12.1 Å². The molecule has 1 aromatic carbocycles. The number of nitrogens with zero attached hydrogens (tertiary/aromatic N) is 4. The first-order chi connectivity index (χ1) is 12.5. The molecule has 1 saturated heterocycles. The molecule has 0 N–H and O–H groups in total. The minimum absolute atomic E-state index is 0.0872. The maximum atomic E-state index is 13.3. The summed E-state index contributed by atoms with van der Waals surface area (Å²) in [6.45, 7) is 2.19. The average molecular weight is 356 g/mol. The van der Waals surface area contributed by atoms with Gasteiger partial charge in [-0.05, 0) is 57.5 Å². The molecular weight excluding hydrogens is 331 g/mol. The average Bonchev–Trinajstić information content (AvgIpc) is 2.63. The molecule has 0 bridgehead atoms. The Kier molecular flexibility index (Phi) is 5.93. The number of rotatable bonds is 5. The number of hydrogen-bond donors (Lipinski definition) is 0. The van der Waals surface area contributed by atoms with Crippen LogP contribution in [0, 0.1) is 11.7 Å². The highest BCUT2D eigenvalue weighted by Gasteiger charge is 2.24. The van der Waals surface area contributed by atoms with Crippen molar-refractivity contribution in [3.63, 3.8) is 0 Å². The minimum atomic E-state index is -0.373. The van der Waals surface area contributed by atoms with E-state index in [1.165, 1.54) is 12.1 Å². The smallest absolute Gasteiger partial charge is 0.253 e. The van der Waals surface area contributed by atoms with Gasteiger partial charge in [0.25, 0.3) is 5.91 Å². The molecule has 2 aromatic rings. The van der Waals surface area contributed by atoms with Gasteiger partial charge in [-0.25, -0.2) is 4.39 Å². The van der Waals surface area contributed by atoms with Crippen molar-refractivity contribution in [1.82, 2.24) is 19.8 Å². The first-order valence-corrected chi connectivity index (χ1v) is 9.00. The quantitative estimate of drug-likeness (QED) is 0.827. The van der Waals surface area contributed by atoms with E-state index in [0.717, 1.165) is 37.2 Å². The third-order valence-electron chi connectivity index (χ3n) is 4.71. The Hall–Kier alpha value is -2.34. The minimum Gasteiger partial charge on any atom is -0.339 e. The summed E-state index contributed by atoms with van der Waals surface area (Å²) < 4.78 is 13.3. The molecule has 1 aromatic heterocycles. The third-order valence-corrected chi connectivity index (χ3v) is 4.71. The predicted octanol–water partition coefficient (Wildman–Crippen LogP) is 2.77. The molecule has 0 spiro atoms. The van der Waals surface area contributed by atoms with Gasteiger partial charge in [0.05, 0.1) is 17.6 Å². The van der Waals surface area contributed by atoms with E-state index in [1.807, 2.05) is 31.4 Å². The van der Waals surface area contributed by atoms with Crippen LogP contribution in [0.4, 0.5) is 4.39 Å². The topological polar surface area (TPSA) is 49.3 Å². The number of halogens is 1. The highest BCUT2D eigenvalue weighted by atomic mass is 19.1.